The molecule has 1 aromatic rings. The third-order valence-corrected chi connectivity index (χ3v) is 2.21. The molecule has 0 spiro atoms. The van der Waals surface area contributed by atoms with E-state index in [2.05, 4.69) is 15.9 Å². The fourth-order valence-electron chi connectivity index (χ4n) is 0.904. The number of alkyl halides is 1. The molecular weight excluding hydrogens is 227 g/mol. The van der Waals surface area contributed by atoms with Gasteiger partial charge in [-0.1, -0.05) is 46.3 Å². The minimum absolute atomic E-state index is 0. The minimum Gasteiger partial charge on any atom is -0.549 e. The summed E-state index contributed by atoms with van der Waals surface area (Å²) in [5.41, 5.74) is 0.989. The van der Waals surface area contributed by atoms with Crippen molar-refractivity contribution in [3.05, 3.63) is 35.9 Å². The Morgan fingerprint density at radius 3 is 2.38 bits per heavy atom. The van der Waals surface area contributed by atoms with Crippen molar-refractivity contribution in [2.24, 2.45) is 0 Å². The summed E-state index contributed by atoms with van der Waals surface area (Å²) in [5, 5.41) is 10.3. The number of benzene rings is 1. The quantitative estimate of drug-likeness (QED) is 0.438. The molecule has 0 amide bonds. The van der Waals surface area contributed by atoms with Crippen molar-refractivity contribution in [3.63, 3.8) is 0 Å². The van der Waals surface area contributed by atoms with Crippen LogP contribution in [-0.4, -0.2) is 10.8 Å². The molecule has 1 atom stereocenters. The number of hydrogen-bond acceptors (Lipinski definition) is 2. The Morgan fingerprint density at radius 2 is 1.92 bits per heavy atom. The average molecular weight is 235 g/mol. The number of carbonyl (C=O) groups is 1. The molecule has 0 aliphatic rings. The number of carbonyl (C=O) groups excluding carboxylic acids is 1. The monoisotopic (exact) mass is 234 g/mol. The van der Waals surface area contributed by atoms with Crippen molar-refractivity contribution in [1.82, 2.24) is 0 Å². The molecule has 64 valence electrons. The van der Waals surface area contributed by atoms with Crippen molar-refractivity contribution in [3.8, 4) is 0 Å². The van der Waals surface area contributed by atoms with Crippen LogP contribution in [0.4, 0.5) is 0 Å². The summed E-state index contributed by atoms with van der Waals surface area (Å²) >= 11 is 3.02. The van der Waals surface area contributed by atoms with Gasteiger partial charge in [-0.05, 0) is 12.0 Å². The summed E-state index contributed by atoms with van der Waals surface area (Å²) in [6, 6.07) is 9.43. The van der Waals surface area contributed by atoms with E-state index in [9.17, 15) is 9.90 Å². The third kappa shape index (κ3) is 4.52. The second kappa shape index (κ2) is 6.26. The van der Waals surface area contributed by atoms with Gasteiger partial charge >= 0.3 is 18.9 Å². The van der Waals surface area contributed by atoms with E-state index in [4.69, 9.17) is 0 Å². The Bertz CT molecular complexity index is 264. The van der Waals surface area contributed by atoms with Gasteiger partial charge in [0.2, 0.25) is 0 Å². The molecule has 4 heteroatoms. The summed E-state index contributed by atoms with van der Waals surface area (Å²) in [4.78, 5) is 9.75. The second-order valence-electron chi connectivity index (χ2n) is 2.48. The predicted octanol–water partition coefficient (Wildman–Crippen LogP) is -2.25. The molecule has 0 heterocycles. The van der Waals surface area contributed by atoms with Crippen LogP contribution in [0.25, 0.3) is 0 Å². The molecule has 1 aromatic carbocycles. The van der Waals surface area contributed by atoms with Gasteiger partial charge in [0.05, 0.1) is 10.8 Å². The molecule has 13 heavy (non-hydrogen) atoms. The van der Waals surface area contributed by atoms with Crippen molar-refractivity contribution >= 4 is 21.9 Å². The smallest absolute Gasteiger partial charge is 0.549 e. The zero-order valence-corrected chi connectivity index (χ0v) is 8.95. The number of halogens is 1. The van der Waals surface area contributed by atoms with E-state index in [1.807, 2.05) is 30.3 Å². The van der Waals surface area contributed by atoms with Gasteiger partial charge in [0.15, 0.2) is 0 Å². The van der Waals surface area contributed by atoms with E-state index < -0.39 is 10.8 Å². The van der Waals surface area contributed by atoms with E-state index in [0.717, 1.165) is 5.56 Å². The van der Waals surface area contributed by atoms with Crippen LogP contribution in [0.2, 0.25) is 0 Å². The molecule has 0 unspecified atom stereocenters. The van der Waals surface area contributed by atoms with Crippen LogP contribution < -0.4 is 24.0 Å². The Kier molecular flexibility index (Phi) is 6.14. The van der Waals surface area contributed by atoms with Gasteiger partial charge in [0, 0.05) is 0 Å². The van der Waals surface area contributed by atoms with Crippen LogP contribution in [-0.2, 0) is 11.2 Å². The molecular formula is C9H8BrLiO2. The van der Waals surface area contributed by atoms with Gasteiger partial charge < -0.3 is 9.90 Å². The zero-order valence-electron chi connectivity index (χ0n) is 7.37. The molecule has 0 aromatic heterocycles. The first-order valence-corrected chi connectivity index (χ1v) is 4.50. The van der Waals surface area contributed by atoms with E-state index >= 15 is 0 Å². The van der Waals surface area contributed by atoms with E-state index in [1.54, 1.807) is 0 Å². The van der Waals surface area contributed by atoms with Crippen molar-refractivity contribution in [2.75, 3.05) is 0 Å². The van der Waals surface area contributed by atoms with Crippen LogP contribution in [0.1, 0.15) is 5.56 Å². The van der Waals surface area contributed by atoms with E-state index in [-0.39, 0.29) is 18.9 Å². The van der Waals surface area contributed by atoms with Gasteiger partial charge in [-0.3, -0.25) is 0 Å². The Hall–Kier alpha value is -0.233. The number of carboxylic acids is 1. The maximum Gasteiger partial charge on any atom is 1.00 e. The van der Waals surface area contributed by atoms with Gasteiger partial charge in [0.1, 0.15) is 0 Å². The predicted molar refractivity (Wildman–Crippen MR) is 47.9 cm³/mol. The van der Waals surface area contributed by atoms with Crippen LogP contribution in [0.5, 0.6) is 0 Å². The molecule has 0 bridgehead atoms. The van der Waals surface area contributed by atoms with Crippen molar-refractivity contribution in [2.45, 2.75) is 11.2 Å². The average Bonchev–Trinajstić information content (AvgIpc) is 2.06. The topological polar surface area (TPSA) is 40.1 Å². The molecule has 0 aliphatic carbocycles. The van der Waals surface area contributed by atoms with Gasteiger partial charge in [-0.2, -0.15) is 0 Å². The van der Waals surface area contributed by atoms with Gasteiger partial charge in [-0.15, -0.1) is 0 Å². The molecule has 1 rings (SSSR count). The number of rotatable bonds is 3. The van der Waals surface area contributed by atoms with Gasteiger partial charge in [0.25, 0.3) is 0 Å². The van der Waals surface area contributed by atoms with Crippen LogP contribution in [0.15, 0.2) is 30.3 Å². The SMILES string of the molecule is O=C([O-])[C@H](Br)Cc1ccccc1.[Li+]. The maximum absolute atomic E-state index is 10.3. The van der Waals surface area contributed by atoms with E-state index in [0.29, 0.717) is 6.42 Å². The number of carboxylic acid groups (broad SMARTS) is 1. The van der Waals surface area contributed by atoms with E-state index in [1.165, 1.54) is 0 Å². The first-order valence-electron chi connectivity index (χ1n) is 3.59. The Balaban J connectivity index is 0.00000144. The summed E-state index contributed by atoms with van der Waals surface area (Å²) in [6.07, 6.45) is 0.461. The normalized spacial score (nSPS) is 11.5. The first-order chi connectivity index (χ1) is 5.70. The number of aliphatic carboxylic acids is 1. The summed E-state index contributed by atoms with van der Waals surface area (Å²) in [7, 11) is 0. The molecule has 0 N–H and O–H groups in total. The maximum atomic E-state index is 10.3. The summed E-state index contributed by atoms with van der Waals surface area (Å²) in [5.74, 6) is -1.07. The van der Waals surface area contributed by atoms with Crippen LogP contribution >= 0.6 is 15.9 Å². The zero-order chi connectivity index (χ0) is 8.97. The van der Waals surface area contributed by atoms with Crippen molar-refractivity contribution < 1.29 is 28.8 Å². The molecule has 2 nitrogen and oxygen atoms in total. The number of hydrogen-bond donors (Lipinski definition) is 0. The van der Waals surface area contributed by atoms with Crippen LogP contribution in [0, 0.1) is 0 Å². The Labute approximate surface area is 97.6 Å². The third-order valence-electron chi connectivity index (χ3n) is 1.51. The molecule has 0 radical (unpaired) electrons. The first kappa shape index (κ1) is 12.8. The fraction of sp³-hybridized carbons (Fsp3) is 0.222. The van der Waals surface area contributed by atoms with Crippen molar-refractivity contribution in [1.29, 1.82) is 0 Å². The standard InChI is InChI=1S/C9H9BrO2.Li/c10-8(9(11)12)6-7-4-2-1-3-5-7;/h1-5,8H,6H2,(H,11,12);/q;+1/p-1/t8-;/m1./s1. The molecule has 0 fully saturated rings. The second-order valence-corrected chi connectivity index (χ2v) is 3.58. The van der Waals surface area contributed by atoms with Crippen LogP contribution in [0.3, 0.4) is 0 Å². The largest absolute Gasteiger partial charge is 1.00 e. The Morgan fingerprint density at radius 1 is 1.38 bits per heavy atom. The summed E-state index contributed by atoms with van der Waals surface area (Å²) < 4.78 is 0. The minimum atomic E-state index is -1.07. The molecule has 0 aliphatic heterocycles. The molecule has 0 saturated heterocycles. The molecule has 0 saturated carbocycles. The fourth-order valence-corrected chi connectivity index (χ4v) is 1.28. The summed E-state index contributed by atoms with van der Waals surface area (Å²) in [6.45, 7) is 0. The van der Waals surface area contributed by atoms with Gasteiger partial charge in [-0.25, -0.2) is 0 Å².